The topological polar surface area (TPSA) is 84.5 Å². The van der Waals surface area contributed by atoms with Gasteiger partial charge in [-0.2, -0.15) is 0 Å². The van der Waals surface area contributed by atoms with Gasteiger partial charge in [0.05, 0.1) is 29.9 Å². The summed E-state index contributed by atoms with van der Waals surface area (Å²) >= 11 is 0. The highest BCUT2D eigenvalue weighted by Crippen LogP contribution is 2.39. The first-order valence-electron chi connectivity index (χ1n) is 12.6. The van der Waals surface area contributed by atoms with Crippen molar-refractivity contribution in [3.8, 4) is 17.0 Å². The van der Waals surface area contributed by atoms with E-state index >= 15 is 0 Å². The molecule has 3 heterocycles. The van der Waals surface area contributed by atoms with Gasteiger partial charge in [-0.15, -0.1) is 0 Å². The van der Waals surface area contributed by atoms with Crippen molar-refractivity contribution in [1.29, 1.82) is 0 Å². The van der Waals surface area contributed by atoms with Crippen LogP contribution in [0.3, 0.4) is 0 Å². The van der Waals surface area contributed by atoms with Crippen molar-refractivity contribution >= 4 is 33.9 Å². The van der Waals surface area contributed by atoms with Gasteiger partial charge in [0.1, 0.15) is 11.6 Å². The third-order valence-electron chi connectivity index (χ3n) is 6.98. The summed E-state index contributed by atoms with van der Waals surface area (Å²) in [6.45, 7) is 2.66. The Labute approximate surface area is 216 Å². The maximum absolute atomic E-state index is 14.3. The molecule has 0 atom stereocenters. The van der Waals surface area contributed by atoms with Crippen LogP contribution < -0.4 is 20.7 Å². The van der Waals surface area contributed by atoms with Crippen LogP contribution in [0, 0.1) is 5.82 Å². The number of nitrogens with two attached hydrogens (primary N) is 1. The zero-order valence-electron chi connectivity index (χ0n) is 21.9. The van der Waals surface area contributed by atoms with Crippen molar-refractivity contribution in [2.45, 2.75) is 25.8 Å². The van der Waals surface area contributed by atoms with Crippen LogP contribution >= 0.6 is 0 Å². The molecule has 2 aromatic heterocycles. The highest BCUT2D eigenvalue weighted by Gasteiger charge is 2.22. The normalized spacial score (nSPS) is 13.1. The molecule has 0 radical (unpaired) electrons. The molecule has 1 aliphatic rings. The maximum Gasteiger partial charge on any atom is 0.227 e. The zero-order valence-corrected chi connectivity index (χ0v) is 21.9. The maximum atomic E-state index is 14.3. The Morgan fingerprint density at radius 1 is 1.11 bits per heavy atom. The van der Waals surface area contributed by atoms with Crippen molar-refractivity contribution in [1.82, 2.24) is 19.4 Å². The van der Waals surface area contributed by atoms with Crippen LogP contribution in [0.4, 0.5) is 27.4 Å². The number of nitrogens with zero attached hydrogens (tertiary/aromatic N) is 5. The van der Waals surface area contributed by atoms with Crippen LogP contribution in [0.1, 0.15) is 18.5 Å². The van der Waals surface area contributed by atoms with Gasteiger partial charge >= 0.3 is 0 Å². The second-order valence-electron chi connectivity index (χ2n) is 9.82. The third-order valence-corrected chi connectivity index (χ3v) is 6.98. The van der Waals surface area contributed by atoms with Crippen LogP contribution in [0.2, 0.25) is 0 Å². The summed E-state index contributed by atoms with van der Waals surface area (Å²) in [6, 6.07) is 10.7. The largest absolute Gasteiger partial charge is 0.494 e. The SMILES string of the molecule is COc1cc(N(C)CCN(C)C)c(N)cc1Nc1nccc(-c2c3n(c4ccc(F)cc24)CCCC3)n1. The van der Waals surface area contributed by atoms with Gasteiger partial charge in [-0.1, -0.05) is 0 Å². The fraction of sp³-hybridized carbons (Fsp3) is 0.357. The molecule has 0 spiro atoms. The third kappa shape index (κ3) is 4.91. The summed E-state index contributed by atoms with van der Waals surface area (Å²) in [7, 11) is 7.73. The summed E-state index contributed by atoms with van der Waals surface area (Å²) in [5, 5.41) is 4.17. The van der Waals surface area contributed by atoms with Gasteiger partial charge in [-0.05, 0) is 63.7 Å². The molecule has 0 unspecified atom stereocenters. The number of rotatable bonds is 8. The highest BCUT2D eigenvalue weighted by molar-refractivity contribution is 5.97. The van der Waals surface area contributed by atoms with Gasteiger partial charge in [0.15, 0.2) is 0 Å². The van der Waals surface area contributed by atoms with Crippen molar-refractivity contribution < 1.29 is 9.13 Å². The average Bonchev–Trinajstić information content (AvgIpc) is 3.21. The predicted octanol–water partition coefficient (Wildman–Crippen LogP) is 4.91. The van der Waals surface area contributed by atoms with Gasteiger partial charge in [0.25, 0.3) is 0 Å². The smallest absolute Gasteiger partial charge is 0.227 e. The molecule has 0 aliphatic carbocycles. The van der Waals surface area contributed by atoms with E-state index in [0.717, 1.165) is 66.7 Å². The second-order valence-corrected chi connectivity index (χ2v) is 9.82. The minimum atomic E-state index is -0.250. The lowest BCUT2D eigenvalue weighted by Gasteiger charge is -2.24. The van der Waals surface area contributed by atoms with Crippen molar-refractivity contribution in [2.75, 3.05) is 57.3 Å². The van der Waals surface area contributed by atoms with Crippen LogP contribution in [-0.4, -0.2) is 60.8 Å². The number of halogens is 1. The standard InChI is InChI=1S/C28H34FN7O/c1-34(2)13-14-35(3)25-17-26(37-4)22(16-20(25)30)33-28-31-11-10-21(32-28)27-19-15-18(29)8-9-23(19)36-12-6-5-7-24(27)36/h8-11,15-17H,5-7,12-14,30H2,1-4H3,(H,31,32,33). The summed E-state index contributed by atoms with van der Waals surface area (Å²) < 4.78 is 22.3. The van der Waals surface area contributed by atoms with E-state index in [0.29, 0.717) is 23.1 Å². The van der Waals surface area contributed by atoms with E-state index in [1.807, 2.05) is 45.4 Å². The number of anilines is 4. The number of benzene rings is 2. The molecule has 3 N–H and O–H groups in total. The number of ether oxygens (including phenoxy) is 1. The number of methoxy groups -OCH3 is 1. The van der Waals surface area contributed by atoms with Crippen LogP contribution in [-0.2, 0) is 13.0 Å². The monoisotopic (exact) mass is 503 g/mol. The first-order chi connectivity index (χ1) is 17.9. The quantitative estimate of drug-likeness (QED) is 0.331. The molecule has 0 amide bonds. The molecule has 0 fully saturated rings. The number of nitrogens with one attached hydrogen (secondary N) is 1. The molecule has 1 aliphatic heterocycles. The Bertz CT molecular complexity index is 1430. The van der Waals surface area contributed by atoms with Crippen LogP contribution in [0.5, 0.6) is 5.75 Å². The molecular formula is C28H34FN7O. The fourth-order valence-corrected chi connectivity index (χ4v) is 5.08. The number of fused-ring (bicyclic) bond motifs is 3. The van der Waals surface area contributed by atoms with Crippen molar-refractivity contribution in [3.05, 3.63) is 54.1 Å². The molecular weight excluding hydrogens is 469 g/mol. The van der Waals surface area contributed by atoms with E-state index in [1.165, 1.54) is 11.8 Å². The number of hydrogen-bond acceptors (Lipinski definition) is 7. The molecule has 9 heteroatoms. The van der Waals surface area contributed by atoms with Gasteiger partial charge < -0.3 is 30.2 Å². The lowest BCUT2D eigenvalue weighted by Crippen LogP contribution is -2.29. The number of likely N-dealkylation sites (N-methyl/N-ethyl adjacent to an activating group) is 2. The Morgan fingerprint density at radius 2 is 1.95 bits per heavy atom. The Morgan fingerprint density at radius 3 is 2.73 bits per heavy atom. The number of nitrogen functional groups attached to an aromatic ring is 1. The van der Waals surface area contributed by atoms with E-state index in [-0.39, 0.29) is 5.82 Å². The molecule has 0 bridgehead atoms. The van der Waals surface area contributed by atoms with E-state index < -0.39 is 0 Å². The van der Waals surface area contributed by atoms with Gasteiger partial charge in [-0.25, -0.2) is 14.4 Å². The second kappa shape index (κ2) is 10.3. The van der Waals surface area contributed by atoms with Crippen molar-refractivity contribution in [2.24, 2.45) is 0 Å². The van der Waals surface area contributed by atoms with Gasteiger partial charge in [0.2, 0.25) is 5.95 Å². The fourth-order valence-electron chi connectivity index (χ4n) is 5.08. The Kier molecular flexibility index (Phi) is 6.88. The molecule has 5 rings (SSSR count). The molecule has 8 nitrogen and oxygen atoms in total. The summed E-state index contributed by atoms with van der Waals surface area (Å²) in [6.07, 6.45) is 4.88. The summed E-state index contributed by atoms with van der Waals surface area (Å²) in [5.74, 6) is 0.813. The molecule has 2 aromatic carbocycles. The summed E-state index contributed by atoms with van der Waals surface area (Å²) in [5.41, 5.74) is 12.6. The minimum Gasteiger partial charge on any atom is -0.494 e. The lowest BCUT2D eigenvalue weighted by molar-refractivity contribution is 0.413. The number of aryl methyl sites for hydroxylation is 1. The zero-order chi connectivity index (χ0) is 26.1. The average molecular weight is 504 g/mol. The van der Waals surface area contributed by atoms with E-state index in [9.17, 15) is 4.39 Å². The highest BCUT2D eigenvalue weighted by atomic mass is 19.1. The first kappa shape index (κ1) is 24.8. The molecule has 4 aromatic rings. The predicted molar refractivity (Wildman–Crippen MR) is 148 cm³/mol. The van der Waals surface area contributed by atoms with E-state index in [1.54, 1.807) is 19.4 Å². The van der Waals surface area contributed by atoms with Gasteiger partial charge in [0, 0.05) is 61.1 Å². The first-order valence-corrected chi connectivity index (χ1v) is 12.6. The Hall–Kier alpha value is -3.85. The van der Waals surface area contributed by atoms with Gasteiger partial charge in [-0.3, -0.25) is 0 Å². The Balaban J connectivity index is 1.50. The van der Waals surface area contributed by atoms with Crippen LogP contribution in [0.15, 0.2) is 42.6 Å². The van der Waals surface area contributed by atoms with E-state index in [4.69, 9.17) is 15.5 Å². The molecule has 0 saturated carbocycles. The lowest BCUT2D eigenvalue weighted by atomic mass is 10.0. The molecule has 37 heavy (non-hydrogen) atoms. The number of aromatic nitrogens is 3. The molecule has 0 saturated heterocycles. The summed E-state index contributed by atoms with van der Waals surface area (Å²) in [4.78, 5) is 13.5. The van der Waals surface area contributed by atoms with E-state index in [2.05, 4.69) is 24.7 Å². The number of hydrogen-bond donors (Lipinski definition) is 2. The minimum absolute atomic E-state index is 0.250. The van der Waals surface area contributed by atoms with Crippen molar-refractivity contribution in [3.63, 3.8) is 0 Å². The molecule has 194 valence electrons. The van der Waals surface area contributed by atoms with Crippen LogP contribution in [0.25, 0.3) is 22.2 Å².